The quantitative estimate of drug-likeness (QED) is 0.931. The monoisotopic (exact) mass is 308 g/mol. The smallest absolute Gasteiger partial charge is 0.243 e. The van der Waals surface area contributed by atoms with Crippen LogP contribution in [0.2, 0.25) is 0 Å². The van der Waals surface area contributed by atoms with Crippen LogP contribution in [0.1, 0.15) is 36.8 Å². The third-order valence-electron chi connectivity index (χ3n) is 4.61. The molecule has 1 aromatic carbocycles. The zero-order chi connectivity index (χ0) is 15.0. The fraction of sp³-hybridized carbons (Fsp3) is 0.625. The van der Waals surface area contributed by atoms with Gasteiger partial charge in [0.2, 0.25) is 10.0 Å². The number of sulfonamides is 1. The molecule has 3 rings (SSSR count). The zero-order valence-electron chi connectivity index (χ0n) is 12.8. The molecule has 0 amide bonds. The summed E-state index contributed by atoms with van der Waals surface area (Å²) in [6.07, 6.45) is 4.18. The van der Waals surface area contributed by atoms with E-state index in [2.05, 4.69) is 5.32 Å². The molecule has 0 aliphatic carbocycles. The van der Waals surface area contributed by atoms with Crippen molar-refractivity contribution < 1.29 is 8.42 Å². The van der Waals surface area contributed by atoms with Gasteiger partial charge in [-0.2, -0.15) is 4.31 Å². The van der Waals surface area contributed by atoms with Gasteiger partial charge in [0, 0.05) is 18.6 Å². The Morgan fingerprint density at radius 1 is 1.10 bits per heavy atom. The summed E-state index contributed by atoms with van der Waals surface area (Å²) in [6, 6.07) is 6.05. The van der Waals surface area contributed by atoms with Crippen molar-refractivity contribution in [2.75, 3.05) is 13.1 Å². The molecule has 21 heavy (non-hydrogen) atoms. The normalized spacial score (nSPS) is 27.3. The summed E-state index contributed by atoms with van der Waals surface area (Å²) >= 11 is 0. The summed E-state index contributed by atoms with van der Waals surface area (Å²) < 4.78 is 27.7. The van der Waals surface area contributed by atoms with Gasteiger partial charge in [0.25, 0.3) is 0 Å². The van der Waals surface area contributed by atoms with Crippen molar-refractivity contribution in [3.8, 4) is 0 Å². The highest BCUT2D eigenvalue weighted by molar-refractivity contribution is 7.89. The molecule has 2 aliphatic heterocycles. The van der Waals surface area contributed by atoms with Gasteiger partial charge >= 0.3 is 0 Å². The van der Waals surface area contributed by atoms with Crippen LogP contribution >= 0.6 is 0 Å². The van der Waals surface area contributed by atoms with Gasteiger partial charge in [-0.25, -0.2) is 8.42 Å². The second-order valence-electron chi connectivity index (χ2n) is 6.35. The Morgan fingerprint density at radius 3 is 2.43 bits per heavy atom. The van der Waals surface area contributed by atoms with Crippen LogP contribution in [0.15, 0.2) is 23.1 Å². The van der Waals surface area contributed by atoms with E-state index >= 15 is 0 Å². The van der Waals surface area contributed by atoms with Crippen LogP contribution in [0, 0.1) is 13.8 Å². The minimum Gasteiger partial charge on any atom is -0.312 e. The molecule has 5 heteroatoms. The highest BCUT2D eigenvalue weighted by Crippen LogP contribution is 2.31. The summed E-state index contributed by atoms with van der Waals surface area (Å²) in [6.45, 7) is 5.56. The lowest BCUT2D eigenvalue weighted by Gasteiger charge is -2.29. The van der Waals surface area contributed by atoms with Gasteiger partial charge in [-0.05, 0) is 69.3 Å². The van der Waals surface area contributed by atoms with E-state index in [1.807, 2.05) is 19.9 Å². The Labute approximate surface area is 127 Å². The lowest BCUT2D eigenvalue weighted by atomic mass is 10.1. The maximum atomic E-state index is 13.0. The molecule has 0 spiro atoms. The minimum atomic E-state index is -3.38. The Balaban J connectivity index is 1.92. The third kappa shape index (κ3) is 2.87. The molecule has 116 valence electrons. The largest absolute Gasteiger partial charge is 0.312 e. The van der Waals surface area contributed by atoms with Gasteiger partial charge in [0.15, 0.2) is 0 Å². The average Bonchev–Trinajstić information content (AvgIpc) is 3.08. The van der Waals surface area contributed by atoms with E-state index in [0.29, 0.717) is 17.5 Å². The second-order valence-corrected chi connectivity index (χ2v) is 8.24. The van der Waals surface area contributed by atoms with Gasteiger partial charge in [-0.1, -0.05) is 6.07 Å². The number of nitrogens with zero attached hydrogens (tertiary/aromatic N) is 1. The Bertz CT molecular complexity index is 601. The summed E-state index contributed by atoms with van der Waals surface area (Å²) in [5, 5.41) is 3.47. The van der Waals surface area contributed by atoms with E-state index in [1.54, 1.807) is 16.4 Å². The first-order chi connectivity index (χ1) is 9.98. The number of nitrogens with one attached hydrogen (secondary N) is 1. The highest BCUT2D eigenvalue weighted by atomic mass is 32.2. The maximum absolute atomic E-state index is 13.0. The molecule has 0 radical (unpaired) electrons. The predicted octanol–water partition coefficient (Wildman–Crippen LogP) is 2.21. The van der Waals surface area contributed by atoms with Crippen molar-refractivity contribution in [1.29, 1.82) is 0 Å². The van der Waals surface area contributed by atoms with E-state index < -0.39 is 10.0 Å². The molecule has 1 aromatic rings. The van der Waals surface area contributed by atoms with Crippen molar-refractivity contribution >= 4 is 10.0 Å². The third-order valence-corrected chi connectivity index (χ3v) is 6.52. The molecule has 2 atom stereocenters. The first-order valence-electron chi connectivity index (χ1n) is 7.82. The fourth-order valence-electron chi connectivity index (χ4n) is 3.72. The fourth-order valence-corrected chi connectivity index (χ4v) is 5.64. The van der Waals surface area contributed by atoms with Gasteiger partial charge in [0.1, 0.15) is 0 Å². The standard InChI is InChI=1S/C16H24N2O2S/c1-12-9-13(2)11-14(10-12)21(19,20)18-8-4-6-16(18)15-5-3-7-17-15/h9-11,15-17H,3-8H2,1-2H3. The molecule has 0 aromatic heterocycles. The molecule has 2 fully saturated rings. The molecule has 2 heterocycles. The molecule has 2 saturated heterocycles. The van der Waals surface area contributed by atoms with Crippen LogP contribution in [0.5, 0.6) is 0 Å². The molecule has 2 aliphatic rings. The average molecular weight is 308 g/mol. The second kappa shape index (κ2) is 5.71. The van der Waals surface area contributed by atoms with Gasteiger partial charge in [-0.3, -0.25) is 0 Å². The van der Waals surface area contributed by atoms with Crippen LogP contribution in [0.4, 0.5) is 0 Å². The number of rotatable bonds is 3. The van der Waals surface area contributed by atoms with E-state index in [-0.39, 0.29) is 6.04 Å². The van der Waals surface area contributed by atoms with Crippen molar-refractivity contribution in [2.24, 2.45) is 0 Å². The van der Waals surface area contributed by atoms with E-state index in [9.17, 15) is 8.42 Å². The lowest BCUT2D eigenvalue weighted by molar-refractivity contribution is 0.322. The zero-order valence-corrected chi connectivity index (χ0v) is 13.6. The first-order valence-corrected chi connectivity index (χ1v) is 9.26. The van der Waals surface area contributed by atoms with Gasteiger partial charge < -0.3 is 5.32 Å². The number of hydrogen-bond acceptors (Lipinski definition) is 3. The molecular weight excluding hydrogens is 284 g/mol. The van der Waals surface area contributed by atoms with Crippen molar-refractivity contribution in [3.63, 3.8) is 0 Å². The SMILES string of the molecule is Cc1cc(C)cc(S(=O)(=O)N2CCCC2C2CCCN2)c1. The molecule has 0 bridgehead atoms. The van der Waals surface area contributed by atoms with Gasteiger partial charge in [-0.15, -0.1) is 0 Å². The molecule has 0 saturated carbocycles. The topological polar surface area (TPSA) is 49.4 Å². The number of hydrogen-bond donors (Lipinski definition) is 1. The molecule has 1 N–H and O–H groups in total. The van der Waals surface area contributed by atoms with E-state index in [4.69, 9.17) is 0 Å². The van der Waals surface area contributed by atoms with E-state index in [1.165, 1.54) is 0 Å². The first kappa shape index (κ1) is 15.0. The van der Waals surface area contributed by atoms with Crippen LogP contribution in [0.3, 0.4) is 0 Å². The highest BCUT2D eigenvalue weighted by Gasteiger charge is 2.40. The van der Waals surface area contributed by atoms with Crippen molar-refractivity contribution in [1.82, 2.24) is 9.62 Å². The lowest BCUT2D eigenvalue weighted by Crippen LogP contribution is -2.46. The maximum Gasteiger partial charge on any atom is 0.243 e. The van der Waals surface area contributed by atoms with Crippen molar-refractivity contribution in [3.05, 3.63) is 29.3 Å². The van der Waals surface area contributed by atoms with Crippen LogP contribution < -0.4 is 5.32 Å². The van der Waals surface area contributed by atoms with Crippen molar-refractivity contribution in [2.45, 2.75) is 56.5 Å². The number of benzene rings is 1. The summed E-state index contributed by atoms with van der Waals surface area (Å²) in [4.78, 5) is 0.449. The summed E-state index contributed by atoms with van der Waals surface area (Å²) in [7, 11) is -3.38. The summed E-state index contributed by atoms with van der Waals surface area (Å²) in [5.74, 6) is 0. The Morgan fingerprint density at radius 2 is 1.81 bits per heavy atom. The van der Waals surface area contributed by atoms with E-state index in [0.717, 1.165) is 43.4 Å². The predicted molar refractivity (Wildman–Crippen MR) is 83.9 cm³/mol. The molecule has 2 unspecified atom stereocenters. The van der Waals surface area contributed by atoms with Crippen LogP contribution in [-0.4, -0.2) is 37.9 Å². The van der Waals surface area contributed by atoms with Crippen LogP contribution in [-0.2, 0) is 10.0 Å². The minimum absolute atomic E-state index is 0.123. The molecular formula is C16H24N2O2S. The number of aryl methyl sites for hydroxylation is 2. The van der Waals surface area contributed by atoms with Gasteiger partial charge in [0.05, 0.1) is 4.90 Å². The molecule has 4 nitrogen and oxygen atoms in total. The van der Waals surface area contributed by atoms with Crippen LogP contribution in [0.25, 0.3) is 0 Å². The Kier molecular flexibility index (Phi) is 4.08. The Hall–Kier alpha value is -0.910. The summed E-state index contributed by atoms with van der Waals surface area (Å²) in [5.41, 5.74) is 2.01.